The summed E-state index contributed by atoms with van der Waals surface area (Å²) < 4.78 is 0. The van der Waals surface area contributed by atoms with E-state index in [1.54, 1.807) is 6.20 Å². The van der Waals surface area contributed by atoms with Crippen LogP contribution in [0.4, 0.5) is 22.9 Å². The Bertz CT molecular complexity index is 1360. The van der Waals surface area contributed by atoms with Crippen molar-refractivity contribution in [1.29, 1.82) is 0 Å². The molecule has 2 aromatic carbocycles. The summed E-state index contributed by atoms with van der Waals surface area (Å²) in [4.78, 5) is 14.9. The fraction of sp³-hybridized carbons (Fsp3) is 0.276. The minimum absolute atomic E-state index is 0.142. The van der Waals surface area contributed by atoms with Crippen molar-refractivity contribution < 1.29 is 0 Å². The number of aryl methyl sites for hydroxylation is 2. The minimum Gasteiger partial charge on any atom is -0.397 e. The second kappa shape index (κ2) is 12.4. The molecule has 4 N–H and O–H groups in total. The van der Waals surface area contributed by atoms with Gasteiger partial charge in [-0.3, -0.25) is 9.88 Å². The molecule has 5 rings (SSSR count). The number of hydrogen-bond acceptors (Lipinski definition) is 7. The van der Waals surface area contributed by atoms with Crippen LogP contribution in [0.5, 0.6) is 0 Å². The maximum Gasteiger partial charge on any atom is 0.224 e. The summed E-state index contributed by atoms with van der Waals surface area (Å²) in [7, 11) is 0. The molecule has 9 heteroatoms. The summed E-state index contributed by atoms with van der Waals surface area (Å²) in [6, 6.07) is 19.4. The van der Waals surface area contributed by atoms with Gasteiger partial charge in [0.15, 0.2) is 5.82 Å². The van der Waals surface area contributed by atoms with Gasteiger partial charge in [-0.1, -0.05) is 41.9 Å². The lowest BCUT2D eigenvalue weighted by molar-refractivity contribution is 0.211. The third-order valence-electron chi connectivity index (χ3n) is 6.78. The SMILES string of the molecule is Nc1cncc(CCc2cc(Nc3nc(Cl)ncc3Cl)ccc2NC2CCN(Cc3ccccc3)CC2)c1. The van der Waals surface area contributed by atoms with Crippen molar-refractivity contribution in [1.82, 2.24) is 19.9 Å². The Morgan fingerprint density at radius 1 is 0.921 bits per heavy atom. The lowest BCUT2D eigenvalue weighted by Crippen LogP contribution is -2.38. The normalized spacial score (nSPS) is 14.4. The Hall–Kier alpha value is -3.39. The highest BCUT2D eigenvalue weighted by molar-refractivity contribution is 6.33. The Morgan fingerprint density at radius 2 is 1.74 bits per heavy atom. The molecule has 0 atom stereocenters. The molecule has 0 saturated carbocycles. The number of rotatable bonds is 9. The third-order valence-corrected chi connectivity index (χ3v) is 7.24. The lowest BCUT2D eigenvalue weighted by Gasteiger charge is -2.33. The zero-order valence-corrected chi connectivity index (χ0v) is 22.6. The molecule has 2 aromatic heterocycles. The topological polar surface area (TPSA) is 92.0 Å². The summed E-state index contributed by atoms with van der Waals surface area (Å²) in [6.07, 6.45) is 8.88. The summed E-state index contributed by atoms with van der Waals surface area (Å²) in [6.45, 7) is 3.15. The molecule has 1 aliphatic rings. The summed E-state index contributed by atoms with van der Waals surface area (Å²) in [5.41, 5.74) is 12.3. The van der Waals surface area contributed by atoms with Gasteiger partial charge in [0.2, 0.25) is 5.28 Å². The number of anilines is 4. The molecule has 7 nitrogen and oxygen atoms in total. The number of benzene rings is 2. The highest BCUT2D eigenvalue weighted by Gasteiger charge is 2.20. The van der Waals surface area contributed by atoms with Gasteiger partial charge in [-0.2, -0.15) is 4.98 Å². The fourth-order valence-corrected chi connectivity index (χ4v) is 5.08. The number of pyridine rings is 1. The van der Waals surface area contributed by atoms with Gasteiger partial charge in [-0.05, 0) is 78.2 Å². The molecule has 0 spiro atoms. The first kappa shape index (κ1) is 26.2. The third kappa shape index (κ3) is 7.13. The molecule has 4 aromatic rings. The van der Waals surface area contributed by atoms with Crippen LogP contribution < -0.4 is 16.4 Å². The number of likely N-dealkylation sites (tertiary alicyclic amines) is 1. The molecule has 0 radical (unpaired) electrons. The van der Waals surface area contributed by atoms with Crippen molar-refractivity contribution in [2.45, 2.75) is 38.3 Å². The van der Waals surface area contributed by atoms with E-state index in [1.165, 1.54) is 17.3 Å². The van der Waals surface area contributed by atoms with Crippen LogP contribution in [-0.2, 0) is 19.4 Å². The number of nitrogens with one attached hydrogen (secondary N) is 2. The Labute approximate surface area is 233 Å². The average molecular weight is 549 g/mol. The number of nitrogens with zero attached hydrogens (tertiary/aromatic N) is 4. The predicted octanol–water partition coefficient (Wildman–Crippen LogP) is 6.37. The van der Waals surface area contributed by atoms with Crippen LogP contribution in [0.2, 0.25) is 10.3 Å². The van der Waals surface area contributed by atoms with Crippen molar-refractivity contribution in [3.8, 4) is 0 Å². The van der Waals surface area contributed by atoms with E-state index < -0.39 is 0 Å². The maximum atomic E-state index is 6.28. The zero-order chi connectivity index (χ0) is 26.3. The van der Waals surface area contributed by atoms with Crippen molar-refractivity contribution in [2.75, 3.05) is 29.5 Å². The average Bonchev–Trinajstić information content (AvgIpc) is 2.92. The monoisotopic (exact) mass is 547 g/mol. The molecule has 196 valence electrons. The highest BCUT2D eigenvalue weighted by atomic mass is 35.5. The molecule has 38 heavy (non-hydrogen) atoms. The number of nitrogens with two attached hydrogens (primary N) is 1. The van der Waals surface area contributed by atoms with E-state index in [-0.39, 0.29) is 5.28 Å². The number of hydrogen-bond donors (Lipinski definition) is 3. The van der Waals surface area contributed by atoms with Gasteiger partial charge in [0.1, 0.15) is 5.02 Å². The van der Waals surface area contributed by atoms with E-state index in [0.29, 0.717) is 22.6 Å². The van der Waals surface area contributed by atoms with E-state index >= 15 is 0 Å². The predicted molar refractivity (Wildman–Crippen MR) is 156 cm³/mol. The molecule has 0 amide bonds. The van der Waals surface area contributed by atoms with Crippen LogP contribution in [0.25, 0.3) is 0 Å². The van der Waals surface area contributed by atoms with Crippen molar-refractivity contribution in [3.63, 3.8) is 0 Å². The molecule has 0 bridgehead atoms. The molecule has 0 aliphatic carbocycles. The number of aromatic nitrogens is 3. The van der Waals surface area contributed by atoms with Gasteiger partial charge in [0.25, 0.3) is 0 Å². The first-order valence-corrected chi connectivity index (χ1v) is 13.6. The smallest absolute Gasteiger partial charge is 0.224 e. The van der Waals surface area contributed by atoms with Gasteiger partial charge in [0, 0.05) is 49.4 Å². The number of piperidine rings is 1. The van der Waals surface area contributed by atoms with Gasteiger partial charge < -0.3 is 16.4 Å². The standard InChI is InChI=1S/C29H31Cl2N7/c30-26-18-34-29(31)37-28(26)36-25-8-9-27(22(15-25)7-6-21-14-23(32)17-33-16-21)35-24-10-12-38(13-11-24)19-20-4-2-1-3-5-20/h1-5,8-9,14-18,24,35H,6-7,10-13,19,32H2,(H,34,36,37). The Morgan fingerprint density at radius 3 is 2.53 bits per heavy atom. The van der Waals surface area contributed by atoms with Crippen molar-refractivity contribution in [2.24, 2.45) is 0 Å². The molecular formula is C29H31Cl2N7. The summed E-state index contributed by atoms with van der Waals surface area (Å²) >= 11 is 12.3. The quantitative estimate of drug-likeness (QED) is 0.210. The number of nitrogen functional groups attached to an aromatic ring is 1. The Kier molecular flexibility index (Phi) is 8.58. The van der Waals surface area contributed by atoms with E-state index in [4.69, 9.17) is 28.9 Å². The fourth-order valence-electron chi connectivity index (χ4n) is 4.81. The highest BCUT2D eigenvalue weighted by Crippen LogP contribution is 2.29. The van der Waals surface area contributed by atoms with Crippen LogP contribution in [0, 0.1) is 0 Å². The molecule has 0 unspecified atom stereocenters. The van der Waals surface area contributed by atoms with Crippen LogP contribution in [0.15, 0.2) is 73.2 Å². The van der Waals surface area contributed by atoms with Gasteiger partial charge in [-0.15, -0.1) is 0 Å². The van der Waals surface area contributed by atoms with E-state index in [9.17, 15) is 0 Å². The molecule has 1 aliphatic heterocycles. The second-order valence-corrected chi connectivity index (χ2v) is 10.4. The maximum absolute atomic E-state index is 6.28. The first-order valence-electron chi connectivity index (χ1n) is 12.8. The van der Waals surface area contributed by atoms with Crippen LogP contribution in [-0.4, -0.2) is 39.0 Å². The zero-order valence-electron chi connectivity index (χ0n) is 21.1. The molecule has 1 saturated heterocycles. The van der Waals surface area contributed by atoms with Crippen molar-refractivity contribution in [3.05, 3.63) is 100 Å². The van der Waals surface area contributed by atoms with Crippen LogP contribution in [0.3, 0.4) is 0 Å². The van der Waals surface area contributed by atoms with Crippen LogP contribution >= 0.6 is 23.2 Å². The number of halogens is 2. The van der Waals surface area contributed by atoms with Gasteiger partial charge >= 0.3 is 0 Å². The van der Waals surface area contributed by atoms with E-state index in [0.717, 1.165) is 62.3 Å². The van der Waals surface area contributed by atoms with Gasteiger partial charge in [-0.25, -0.2) is 4.98 Å². The molecule has 1 fully saturated rings. The van der Waals surface area contributed by atoms with E-state index in [2.05, 4.69) is 72.9 Å². The molecular weight excluding hydrogens is 517 g/mol. The Balaban J connectivity index is 1.29. The summed E-state index contributed by atoms with van der Waals surface area (Å²) in [5, 5.41) is 7.66. The summed E-state index contributed by atoms with van der Waals surface area (Å²) in [5.74, 6) is 0.476. The van der Waals surface area contributed by atoms with Crippen molar-refractivity contribution >= 4 is 46.1 Å². The largest absolute Gasteiger partial charge is 0.397 e. The lowest BCUT2D eigenvalue weighted by atomic mass is 10.00. The first-order chi connectivity index (χ1) is 18.5. The van der Waals surface area contributed by atoms with Crippen LogP contribution in [0.1, 0.15) is 29.5 Å². The second-order valence-electron chi connectivity index (χ2n) is 9.64. The molecule has 3 heterocycles. The van der Waals surface area contributed by atoms with Gasteiger partial charge in [0.05, 0.1) is 11.9 Å². The minimum atomic E-state index is 0.142. The van der Waals surface area contributed by atoms with E-state index in [1.807, 2.05) is 18.3 Å².